The van der Waals surface area contributed by atoms with Gasteiger partial charge in [0, 0.05) is 0 Å². The van der Waals surface area contributed by atoms with Gasteiger partial charge in [0.15, 0.2) is 0 Å². The molecule has 3 amide bonds. The van der Waals surface area contributed by atoms with Crippen LogP contribution < -0.4 is 16.4 Å². The van der Waals surface area contributed by atoms with Crippen LogP contribution in [-0.2, 0) is 30.5 Å². The molecule has 9 heteroatoms. The first-order chi connectivity index (χ1) is 13.0. The summed E-state index contributed by atoms with van der Waals surface area (Å²) in [6.07, 6.45) is -1.32. The average Bonchev–Trinajstić information content (AvgIpc) is 2.58. The number of hydrogen-bond donors (Lipinski definition) is 3. The van der Waals surface area contributed by atoms with E-state index in [1.54, 1.807) is 45.0 Å². The topological polar surface area (TPSA) is 137 Å². The minimum atomic E-state index is -1.29. The van der Waals surface area contributed by atoms with Gasteiger partial charge in [0.2, 0.25) is 11.8 Å². The number of nitrogens with one attached hydrogen (secondary N) is 2. The van der Waals surface area contributed by atoms with Crippen molar-refractivity contribution in [3.05, 3.63) is 35.9 Å². The number of amides is 3. The summed E-state index contributed by atoms with van der Waals surface area (Å²) in [5.74, 6) is -2.21. The van der Waals surface area contributed by atoms with Gasteiger partial charge in [-0.15, -0.1) is 0 Å². The highest BCUT2D eigenvalue weighted by atomic mass is 16.6. The molecule has 1 rings (SSSR count). The molecule has 0 bridgehead atoms. The van der Waals surface area contributed by atoms with Crippen molar-refractivity contribution in [2.24, 2.45) is 5.73 Å². The number of benzene rings is 1. The Bertz CT molecular complexity index is 699. The quantitative estimate of drug-likeness (QED) is 0.564. The van der Waals surface area contributed by atoms with Crippen molar-refractivity contribution in [2.75, 3.05) is 0 Å². The molecule has 154 valence electrons. The minimum absolute atomic E-state index is 0.0259. The van der Waals surface area contributed by atoms with Crippen LogP contribution in [0.25, 0.3) is 0 Å². The second-order valence-corrected chi connectivity index (χ2v) is 7.18. The van der Waals surface area contributed by atoms with Crippen LogP contribution >= 0.6 is 0 Å². The lowest BCUT2D eigenvalue weighted by Gasteiger charge is -2.23. The van der Waals surface area contributed by atoms with E-state index < -0.39 is 48.0 Å². The van der Waals surface area contributed by atoms with Crippen molar-refractivity contribution in [1.82, 2.24) is 10.6 Å². The summed E-state index contributed by atoms with van der Waals surface area (Å²) in [6, 6.07) is 6.73. The van der Waals surface area contributed by atoms with Crippen LogP contribution in [0.5, 0.6) is 0 Å². The zero-order chi connectivity index (χ0) is 21.3. The van der Waals surface area contributed by atoms with Gasteiger partial charge < -0.3 is 25.8 Å². The third-order valence-electron chi connectivity index (χ3n) is 3.41. The normalized spacial score (nSPS) is 13.0. The van der Waals surface area contributed by atoms with Crippen LogP contribution in [0.4, 0.5) is 4.79 Å². The molecule has 0 saturated heterocycles. The summed E-state index contributed by atoms with van der Waals surface area (Å²) in [6.45, 7) is 6.39. The van der Waals surface area contributed by atoms with Crippen molar-refractivity contribution in [3.8, 4) is 0 Å². The van der Waals surface area contributed by atoms with Gasteiger partial charge in [-0.25, -0.2) is 4.79 Å². The van der Waals surface area contributed by atoms with E-state index >= 15 is 0 Å². The first kappa shape index (κ1) is 22.9. The Hall–Kier alpha value is -3.10. The van der Waals surface area contributed by atoms with Crippen LogP contribution in [-0.4, -0.2) is 41.6 Å². The Morgan fingerprint density at radius 3 is 2.21 bits per heavy atom. The fraction of sp³-hybridized carbons (Fsp3) is 0.474. The van der Waals surface area contributed by atoms with Gasteiger partial charge in [-0.05, 0) is 33.3 Å². The molecular weight excluding hydrogens is 366 g/mol. The number of rotatable bonds is 8. The summed E-state index contributed by atoms with van der Waals surface area (Å²) < 4.78 is 10.2. The summed E-state index contributed by atoms with van der Waals surface area (Å²) in [7, 11) is 0. The maximum absolute atomic E-state index is 12.4. The highest BCUT2D eigenvalue weighted by Gasteiger charge is 2.28. The number of hydrogen-bond acceptors (Lipinski definition) is 6. The second-order valence-electron chi connectivity index (χ2n) is 7.18. The van der Waals surface area contributed by atoms with E-state index in [1.165, 1.54) is 6.92 Å². The van der Waals surface area contributed by atoms with E-state index in [-0.39, 0.29) is 6.61 Å². The fourth-order valence-electron chi connectivity index (χ4n) is 2.01. The molecule has 0 unspecified atom stereocenters. The van der Waals surface area contributed by atoms with Crippen LogP contribution in [0.2, 0.25) is 0 Å². The maximum atomic E-state index is 12.4. The smallest absolute Gasteiger partial charge is 0.408 e. The standard InChI is InChI=1S/C19H27N3O6/c1-12(16(20)24)21-17(25)14(22-18(26)28-19(2,3)4)10-15(23)27-11-13-8-6-5-7-9-13/h5-9,12,14H,10-11H2,1-4H3,(H2,20,24)(H,21,25)(H,22,26)/t12-,14+/m1/s1. The lowest BCUT2D eigenvalue weighted by Crippen LogP contribution is -2.53. The molecule has 1 aromatic rings. The Morgan fingerprint density at radius 2 is 1.68 bits per heavy atom. The molecule has 0 saturated carbocycles. The molecule has 2 atom stereocenters. The second kappa shape index (κ2) is 10.3. The largest absolute Gasteiger partial charge is 0.461 e. The molecule has 9 nitrogen and oxygen atoms in total. The van der Waals surface area contributed by atoms with Crippen molar-refractivity contribution in [3.63, 3.8) is 0 Å². The van der Waals surface area contributed by atoms with Gasteiger partial charge in [-0.2, -0.15) is 0 Å². The molecule has 0 heterocycles. The van der Waals surface area contributed by atoms with Gasteiger partial charge in [-0.3, -0.25) is 14.4 Å². The number of alkyl carbamates (subject to hydrolysis) is 1. The van der Waals surface area contributed by atoms with E-state index in [1.807, 2.05) is 6.07 Å². The number of esters is 1. The monoisotopic (exact) mass is 393 g/mol. The van der Waals surface area contributed by atoms with Gasteiger partial charge in [0.1, 0.15) is 24.3 Å². The van der Waals surface area contributed by atoms with E-state index in [4.69, 9.17) is 15.2 Å². The van der Waals surface area contributed by atoms with Crippen molar-refractivity contribution >= 4 is 23.9 Å². The Kier molecular flexibility index (Phi) is 8.43. The molecular formula is C19H27N3O6. The molecule has 0 aliphatic rings. The van der Waals surface area contributed by atoms with Crippen molar-refractivity contribution in [1.29, 1.82) is 0 Å². The highest BCUT2D eigenvalue weighted by Crippen LogP contribution is 2.08. The Labute approximate surface area is 163 Å². The van der Waals surface area contributed by atoms with Crippen LogP contribution in [0.3, 0.4) is 0 Å². The molecule has 0 radical (unpaired) electrons. The minimum Gasteiger partial charge on any atom is -0.461 e. The molecule has 0 aliphatic heterocycles. The zero-order valence-corrected chi connectivity index (χ0v) is 16.5. The maximum Gasteiger partial charge on any atom is 0.408 e. The van der Waals surface area contributed by atoms with E-state index in [0.29, 0.717) is 0 Å². The summed E-state index contributed by atoms with van der Waals surface area (Å²) in [5, 5.41) is 4.66. The predicted molar refractivity (Wildman–Crippen MR) is 101 cm³/mol. The number of ether oxygens (including phenoxy) is 2. The first-order valence-electron chi connectivity index (χ1n) is 8.76. The number of primary amides is 1. The molecule has 0 fully saturated rings. The molecule has 0 aliphatic carbocycles. The van der Waals surface area contributed by atoms with Gasteiger partial charge in [-0.1, -0.05) is 30.3 Å². The number of nitrogens with two attached hydrogens (primary N) is 1. The van der Waals surface area contributed by atoms with Crippen molar-refractivity contribution < 1.29 is 28.7 Å². The van der Waals surface area contributed by atoms with Gasteiger partial charge in [0.25, 0.3) is 0 Å². The molecule has 1 aromatic carbocycles. The Balaban J connectivity index is 2.75. The summed E-state index contributed by atoms with van der Waals surface area (Å²) in [5.41, 5.74) is 5.11. The molecule has 4 N–H and O–H groups in total. The van der Waals surface area contributed by atoms with E-state index in [0.717, 1.165) is 5.56 Å². The van der Waals surface area contributed by atoms with E-state index in [2.05, 4.69) is 10.6 Å². The lowest BCUT2D eigenvalue weighted by molar-refractivity contribution is -0.147. The van der Waals surface area contributed by atoms with Crippen LogP contribution in [0.15, 0.2) is 30.3 Å². The third-order valence-corrected chi connectivity index (χ3v) is 3.41. The Morgan fingerprint density at radius 1 is 1.07 bits per heavy atom. The lowest BCUT2D eigenvalue weighted by atomic mass is 10.1. The van der Waals surface area contributed by atoms with Gasteiger partial charge >= 0.3 is 12.1 Å². The predicted octanol–water partition coefficient (Wildman–Crippen LogP) is 1.00. The summed E-state index contributed by atoms with van der Waals surface area (Å²) >= 11 is 0. The highest BCUT2D eigenvalue weighted by molar-refractivity contribution is 5.92. The number of carbonyl (C=O) groups is 4. The van der Waals surface area contributed by atoms with E-state index in [9.17, 15) is 19.2 Å². The van der Waals surface area contributed by atoms with Crippen molar-refractivity contribution in [2.45, 2.75) is 58.4 Å². The molecule has 0 spiro atoms. The molecule has 28 heavy (non-hydrogen) atoms. The van der Waals surface area contributed by atoms with Crippen LogP contribution in [0.1, 0.15) is 39.7 Å². The number of carbonyl (C=O) groups excluding carboxylic acids is 4. The molecule has 0 aromatic heterocycles. The average molecular weight is 393 g/mol. The SMILES string of the molecule is C[C@@H](NC(=O)[C@H](CC(=O)OCc1ccccc1)NC(=O)OC(C)(C)C)C(N)=O. The zero-order valence-electron chi connectivity index (χ0n) is 16.5. The van der Waals surface area contributed by atoms with Crippen LogP contribution in [0, 0.1) is 0 Å². The van der Waals surface area contributed by atoms with Gasteiger partial charge in [0.05, 0.1) is 6.42 Å². The fourth-order valence-corrected chi connectivity index (χ4v) is 2.01. The third kappa shape index (κ3) is 9.02. The first-order valence-corrected chi connectivity index (χ1v) is 8.76. The summed E-state index contributed by atoms with van der Waals surface area (Å²) in [4.78, 5) is 47.7.